The maximum atomic E-state index is 13.8. The summed E-state index contributed by atoms with van der Waals surface area (Å²) in [7, 11) is 0. The minimum Gasteiger partial charge on any atom is -0.366 e. The Bertz CT molecular complexity index is 614. The number of piperazine rings is 1. The van der Waals surface area contributed by atoms with E-state index in [0.717, 1.165) is 0 Å². The van der Waals surface area contributed by atoms with E-state index in [-0.39, 0.29) is 5.82 Å². The smallest absolute Gasteiger partial charge is 0.312 e. The van der Waals surface area contributed by atoms with Crippen LogP contribution in [0.4, 0.5) is 10.1 Å². The van der Waals surface area contributed by atoms with E-state index in [1.54, 1.807) is 30.4 Å². The van der Waals surface area contributed by atoms with Crippen molar-refractivity contribution in [3.05, 3.63) is 55.4 Å². The number of benzene rings is 1. The Balaban J connectivity index is 1.97. The first-order chi connectivity index (χ1) is 11.6. The Hall–Kier alpha value is -2.63. The van der Waals surface area contributed by atoms with Gasteiger partial charge in [-0.1, -0.05) is 24.3 Å². The number of carbonyl (C=O) groups excluding carboxylic acids is 2. The first kappa shape index (κ1) is 17.7. The summed E-state index contributed by atoms with van der Waals surface area (Å²) in [5, 5.41) is 0. The molecule has 0 unspecified atom stereocenters. The molecule has 24 heavy (non-hydrogen) atoms. The highest BCUT2D eigenvalue weighted by molar-refractivity contribution is 6.35. The van der Waals surface area contributed by atoms with Gasteiger partial charge < -0.3 is 14.7 Å². The van der Waals surface area contributed by atoms with E-state index in [0.29, 0.717) is 45.0 Å². The van der Waals surface area contributed by atoms with Crippen LogP contribution in [0.3, 0.4) is 0 Å². The third-order valence-electron chi connectivity index (χ3n) is 3.93. The van der Waals surface area contributed by atoms with Crippen LogP contribution >= 0.6 is 0 Å². The largest absolute Gasteiger partial charge is 0.366 e. The number of halogens is 1. The molecule has 0 bridgehead atoms. The number of amides is 2. The monoisotopic (exact) mass is 331 g/mol. The van der Waals surface area contributed by atoms with Gasteiger partial charge in [0.25, 0.3) is 0 Å². The lowest BCUT2D eigenvalue weighted by molar-refractivity contribution is -0.151. The molecule has 1 aliphatic heterocycles. The predicted molar refractivity (Wildman–Crippen MR) is 92.2 cm³/mol. The van der Waals surface area contributed by atoms with Gasteiger partial charge in [0.2, 0.25) is 0 Å². The van der Waals surface area contributed by atoms with Crippen LogP contribution < -0.4 is 4.90 Å². The van der Waals surface area contributed by atoms with Crippen molar-refractivity contribution in [3.63, 3.8) is 0 Å². The molecule has 0 atom stereocenters. The second-order valence-corrected chi connectivity index (χ2v) is 5.52. The van der Waals surface area contributed by atoms with Gasteiger partial charge in [-0.2, -0.15) is 0 Å². The Morgan fingerprint density at radius 2 is 1.67 bits per heavy atom. The van der Waals surface area contributed by atoms with Gasteiger partial charge in [-0.3, -0.25) is 9.59 Å². The van der Waals surface area contributed by atoms with Crippen molar-refractivity contribution >= 4 is 17.5 Å². The lowest BCUT2D eigenvalue weighted by atomic mass is 10.2. The van der Waals surface area contributed by atoms with Gasteiger partial charge in [-0.25, -0.2) is 4.39 Å². The summed E-state index contributed by atoms with van der Waals surface area (Å²) in [6.07, 6.45) is 3.15. The van der Waals surface area contributed by atoms with Gasteiger partial charge in [-0.05, 0) is 12.1 Å². The minimum atomic E-state index is -0.561. The molecule has 0 saturated carbocycles. The molecular formula is C18H22FN3O2. The highest BCUT2D eigenvalue weighted by atomic mass is 19.1. The number of hydrogen-bond acceptors (Lipinski definition) is 3. The third kappa shape index (κ3) is 4.01. The number of para-hydroxylation sites is 1. The molecule has 1 fully saturated rings. The first-order valence-electron chi connectivity index (χ1n) is 7.88. The standard InChI is InChI=1S/C18H22FN3O2/c1-3-9-21(10-4-2)17(23)18(24)22-13-11-20(12-14-22)16-8-6-5-7-15(16)19/h3-8H,1-2,9-14H2. The van der Waals surface area contributed by atoms with Crippen LogP contribution in [0.25, 0.3) is 0 Å². The predicted octanol–water partition coefficient (Wildman–Crippen LogP) is 1.67. The lowest BCUT2D eigenvalue weighted by Crippen LogP contribution is -2.53. The molecule has 1 aromatic carbocycles. The molecule has 128 valence electrons. The highest BCUT2D eigenvalue weighted by Crippen LogP contribution is 2.20. The first-order valence-corrected chi connectivity index (χ1v) is 7.88. The summed E-state index contributed by atoms with van der Waals surface area (Å²) < 4.78 is 13.8. The average molecular weight is 331 g/mol. The number of rotatable bonds is 5. The lowest BCUT2D eigenvalue weighted by Gasteiger charge is -2.36. The number of hydrogen-bond donors (Lipinski definition) is 0. The Morgan fingerprint density at radius 3 is 2.21 bits per heavy atom. The summed E-state index contributed by atoms with van der Waals surface area (Å²) in [5.41, 5.74) is 0.524. The second-order valence-electron chi connectivity index (χ2n) is 5.52. The van der Waals surface area contributed by atoms with E-state index in [4.69, 9.17) is 0 Å². The fourth-order valence-electron chi connectivity index (χ4n) is 2.68. The van der Waals surface area contributed by atoms with E-state index in [1.165, 1.54) is 15.9 Å². The third-order valence-corrected chi connectivity index (χ3v) is 3.93. The molecule has 5 nitrogen and oxygen atoms in total. The van der Waals surface area contributed by atoms with Crippen molar-refractivity contribution in [2.45, 2.75) is 0 Å². The van der Waals surface area contributed by atoms with E-state index >= 15 is 0 Å². The number of nitrogens with zero attached hydrogens (tertiary/aromatic N) is 3. The maximum Gasteiger partial charge on any atom is 0.312 e. The maximum absolute atomic E-state index is 13.8. The summed E-state index contributed by atoms with van der Waals surface area (Å²) in [4.78, 5) is 29.5. The molecule has 0 aliphatic carbocycles. The topological polar surface area (TPSA) is 43.9 Å². The zero-order chi connectivity index (χ0) is 17.5. The summed E-state index contributed by atoms with van der Waals surface area (Å²) in [5.74, 6) is -1.38. The minimum absolute atomic E-state index is 0.281. The molecule has 1 aromatic rings. The molecule has 0 radical (unpaired) electrons. The van der Waals surface area contributed by atoms with Crippen LogP contribution in [0.5, 0.6) is 0 Å². The fourth-order valence-corrected chi connectivity index (χ4v) is 2.68. The quantitative estimate of drug-likeness (QED) is 0.609. The Kier molecular flexibility index (Phi) is 6.12. The van der Waals surface area contributed by atoms with Crippen LogP contribution in [0.2, 0.25) is 0 Å². The molecule has 2 amide bonds. The fraction of sp³-hybridized carbons (Fsp3) is 0.333. The highest BCUT2D eigenvalue weighted by Gasteiger charge is 2.29. The van der Waals surface area contributed by atoms with Gasteiger partial charge in [0.1, 0.15) is 5.82 Å². The van der Waals surface area contributed by atoms with Crippen molar-refractivity contribution in [2.75, 3.05) is 44.2 Å². The van der Waals surface area contributed by atoms with Gasteiger partial charge in [0.15, 0.2) is 0 Å². The summed E-state index contributed by atoms with van der Waals surface area (Å²) >= 11 is 0. The van der Waals surface area contributed by atoms with Crippen molar-refractivity contribution in [1.82, 2.24) is 9.80 Å². The van der Waals surface area contributed by atoms with Crippen LogP contribution in [0.1, 0.15) is 0 Å². The van der Waals surface area contributed by atoms with Crippen molar-refractivity contribution in [3.8, 4) is 0 Å². The summed E-state index contributed by atoms with van der Waals surface area (Å²) in [6, 6.07) is 6.56. The Morgan fingerprint density at radius 1 is 1.08 bits per heavy atom. The molecule has 0 spiro atoms. The van der Waals surface area contributed by atoms with E-state index < -0.39 is 11.8 Å². The zero-order valence-electron chi connectivity index (χ0n) is 13.7. The molecule has 2 rings (SSSR count). The SMILES string of the molecule is C=CCN(CC=C)C(=O)C(=O)N1CCN(c2ccccc2F)CC1. The molecule has 6 heteroatoms. The number of anilines is 1. The van der Waals surface area contributed by atoms with Gasteiger partial charge in [0, 0.05) is 39.3 Å². The molecule has 0 aromatic heterocycles. The van der Waals surface area contributed by atoms with Crippen LogP contribution in [-0.4, -0.2) is 60.9 Å². The molecule has 1 heterocycles. The van der Waals surface area contributed by atoms with Gasteiger partial charge >= 0.3 is 11.8 Å². The van der Waals surface area contributed by atoms with Crippen molar-refractivity contribution in [2.24, 2.45) is 0 Å². The van der Waals surface area contributed by atoms with Gasteiger partial charge in [-0.15, -0.1) is 13.2 Å². The molecule has 0 N–H and O–H groups in total. The average Bonchev–Trinajstić information content (AvgIpc) is 2.61. The van der Waals surface area contributed by atoms with Crippen LogP contribution in [0, 0.1) is 5.82 Å². The number of carbonyl (C=O) groups is 2. The van der Waals surface area contributed by atoms with E-state index in [2.05, 4.69) is 13.2 Å². The normalized spacial score (nSPS) is 14.2. The van der Waals surface area contributed by atoms with E-state index in [1.807, 2.05) is 4.90 Å². The van der Waals surface area contributed by atoms with Gasteiger partial charge in [0.05, 0.1) is 5.69 Å². The zero-order valence-corrected chi connectivity index (χ0v) is 13.7. The molecule has 1 aliphatic rings. The molecule has 1 saturated heterocycles. The second kappa shape index (κ2) is 8.29. The van der Waals surface area contributed by atoms with Crippen LogP contribution in [-0.2, 0) is 9.59 Å². The van der Waals surface area contributed by atoms with E-state index in [9.17, 15) is 14.0 Å². The van der Waals surface area contributed by atoms with Crippen molar-refractivity contribution < 1.29 is 14.0 Å². The molecular weight excluding hydrogens is 309 g/mol. The van der Waals surface area contributed by atoms with Crippen LogP contribution in [0.15, 0.2) is 49.6 Å². The van der Waals surface area contributed by atoms with Crippen molar-refractivity contribution in [1.29, 1.82) is 0 Å². The Labute approximate surface area is 141 Å². The summed E-state index contributed by atoms with van der Waals surface area (Å²) in [6.45, 7) is 9.53.